The monoisotopic (exact) mass is 518 g/mol. The van der Waals surface area contributed by atoms with Crippen molar-refractivity contribution in [2.45, 2.75) is 24.9 Å². The smallest absolute Gasteiger partial charge is 0.246 e. The number of hydrogen-bond acceptors (Lipinski definition) is 5. The highest BCUT2D eigenvalue weighted by molar-refractivity contribution is 6.42. The Kier molecular flexibility index (Phi) is 9.46. The maximum atomic E-state index is 12.4. The third-order valence-electron chi connectivity index (χ3n) is 6.56. The molecule has 2 aromatic carbocycles. The van der Waals surface area contributed by atoms with E-state index in [-0.39, 0.29) is 12.5 Å². The molecule has 1 atom stereocenters. The number of morpholine rings is 1. The molecule has 8 heteroatoms. The molecule has 0 bridgehead atoms. The number of nitrogens with zero attached hydrogens (tertiary/aromatic N) is 2. The van der Waals surface area contributed by atoms with E-state index >= 15 is 0 Å². The van der Waals surface area contributed by atoms with Crippen LogP contribution in [0.5, 0.6) is 5.75 Å². The van der Waals surface area contributed by atoms with Gasteiger partial charge in [0.15, 0.2) is 0 Å². The van der Waals surface area contributed by atoms with Gasteiger partial charge in [0.05, 0.1) is 23.3 Å². The van der Waals surface area contributed by atoms with Crippen molar-refractivity contribution in [3.8, 4) is 5.75 Å². The lowest BCUT2D eigenvalue weighted by Gasteiger charge is -2.33. The quantitative estimate of drug-likeness (QED) is 0.521. The highest BCUT2D eigenvalue weighted by atomic mass is 35.5. The summed E-state index contributed by atoms with van der Waals surface area (Å²) in [7, 11) is 0. The topological polar surface area (TPSA) is 62.2 Å². The number of carbonyl (C=O) groups is 1. The Morgan fingerprint density at radius 1 is 1.09 bits per heavy atom. The van der Waals surface area contributed by atoms with Crippen LogP contribution < -0.4 is 4.74 Å². The van der Waals surface area contributed by atoms with E-state index in [0.29, 0.717) is 54.6 Å². The number of benzene rings is 2. The fourth-order valence-electron chi connectivity index (χ4n) is 4.60. The van der Waals surface area contributed by atoms with Crippen LogP contribution in [-0.2, 0) is 9.53 Å². The van der Waals surface area contributed by atoms with Crippen LogP contribution in [0.15, 0.2) is 48.5 Å². The summed E-state index contributed by atoms with van der Waals surface area (Å²) < 4.78 is 11.2. The fourth-order valence-corrected chi connectivity index (χ4v) is 5.06. The summed E-state index contributed by atoms with van der Waals surface area (Å²) in [6, 6.07) is 13.4. The summed E-state index contributed by atoms with van der Waals surface area (Å²) in [6.45, 7) is 4.85. The minimum atomic E-state index is -0.617. The number of aliphatic hydroxyl groups is 1. The minimum Gasteiger partial charge on any atom is -0.490 e. The molecule has 4 rings (SSSR count). The lowest BCUT2D eigenvalue weighted by atomic mass is 9.89. The fraction of sp³-hybridized carbons (Fsp3) is 0.444. The molecule has 2 saturated heterocycles. The van der Waals surface area contributed by atoms with E-state index < -0.39 is 6.10 Å². The molecule has 1 unspecified atom stereocenters. The van der Waals surface area contributed by atoms with Crippen molar-refractivity contribution >= 4 is 35.2 Å². The number of para-hydroxylation sites is 1. The number of halogens is 2. The summed E-state index contributed by atoms with van der Waals surface area (Å²) in [5, 5.41) is 11.9. The molecule has 0 spiro atoms. The zero-order valence-electron chi connectivity index (χ0n) is 19.7. The minimum absolute atomic E-state index is 0.0365. The molecule has 2 fully saturated rings. The number of piperidine rings is 1. The van der Waals surface area contributed by atoms with Crippen LogP contribution in [0.3, 0.4) is 0 Å². The van der Waals surface area contributed by atoms with Gasteiger partial charge in [-0.15, -0.1) is 0 Å². The molecule has 0 radical (unpaired) electrons. The van der Waals surface area contributed by atoms with Gasteiger partial charge in [0.1, 0.15) is 18.5 Å². The number of aliphatic hydroxyl groups excluding tert-OH is 1. The normalized spacial score (nSPS) is 18.7. The SMILES string of the molecule is O=C(C=Cc1ccccc1OCC(O)CN1CCC(c2cccc(Cl)c2Cl)CC1)N1CCOCC1. The van der Waals surface area contributed by atoms with Gasteiger partial charge in [0.25, 0.3) is 0 Å². The van der Waals surface area contributed by atoms with Gasteiger partial charge in [-0.2, -0.15) is 0 Å². The first-order valence-corrected chi connectivity index (χ1v) is 12.9. The van der Waals surface area contributed by atoms with Gasteiger partial charge in [-0.05, 0) is 55.6 Å². The molecule has 2 aliphatic heterocycles. The summed E-state index contributed by atoms with van der Waals surface area (Å²) >= 11 is 12.6. The Morgan fingerprint density at radius 2 is 1.83 bits per heavy atom. The molecular weight excluding hydrogens is 487 g/mol. The Balaban J connectivity index is 1.25. The van der Waals surface area contributed by atoms with E-state index in [2.05, 4.69) is 11.0 Å². The largest absolute Gasteiger partial charge is 0.490 e. The van der Waals surface area contributed by atoms with Crippen molar-refractivity contribution in [1.29, 1.82) is 0 Å². The molecule has 35 heavy (non-hydrogen) atoms. The maximum absolute atomic E-state index is 12.4. The van der Waals surface area contributed by atoms with Crippen molar-refractivity contribution < 1.29 is 19.4 Å². The predicted molar refractivity (Wildman–Crippen MR) is 139 cm³/mol. The number of β-amino-alcohol motifs (C(OH)–C–C–N with tert-alkyl or cyclic N) is 1. The van der Waals surface area contributed by atoms with E-state index in [9.17, 15) is 9.90 Å². The molecule has 1 N–H and O–H groups in total. The van der Waals surface area contributed by atoms with Gasteiger partial charge in [-0.25, -0.2) is 0 Å². The van der Waals surface area contributed by atoms with E-state index in [0.717, 1.165) is 37.1 Å². The second kappa shape index (κ2) is 12.7. The average molecular weight is 519 g/mol. The highest BCUT2D eigenvalue weighted by Gasteiger charge is 2.24. The van der Waals surface area contributed by atoms with Gasteiger partial charge in [0.2, 0.25) is 5.91 Å². The summed E-state index contributed by atoms with van der Waals surface area (Å²) in [6.07, 6.45) is 4.66. The molecule has 0 aromatic heterocycles. The second-order valence-electron chi connectivity index (χ2n) is 8.99. The molecule has 188 valence electrons. The van der Waals surface area contributed by atoms with E-state index in [4.69, 9.17) is 32.7 Å². The number of hydrogen-bond donors (Lipinski definition) is 1. The van der Waals surface area contributed by atoms with E-state index in [1.54, 1.807) is 17.1 Å². The number of carbonyl (C=O) groups excluding carboxylic acids is 1. The zero-order valence-corrected chi connectivity index (χ0v) is 21.3. The van der Waals surface area contributed by atoms with Crippen LogP contribution in [0.1, 0.15) is 29.9 Å². The van der Waals surface area contributed by atoms with Crippen molar-refractivity contribution in [3.05, 3.63) is 69.7 Å². The maximum Gasteiger partial charge on any atom is 0.246 e. The highest BCUT2D eigenvalue weighted by Crippen LogP contribution is 2.36. The number of amides is 1. The third-order valence-corrected chi connectivity index (χ3v) is 7.39. The Morgan fingerprint density at radius 3 is 2.60 bits per heavy atom. The average Bonchev–Trinajstić information content (AvgIpc) is 2.89. The van der Waals surface area contributed by atoms with Crippen molar-refractivity contribution in [2.24, 2.45) is 0 Å². The molecule has 0 saturated carbocycles. The summed E-state index contributed by atoms with van der Waals surface area (Å²) in [5.74, 6) is 0.988. The number of rotatable bonds is 8. The molecular formula is C27H32Cl2N2O4. The molecule has 2 aliphatic rings. The van der Waals surface area contributed by atoms with Gasteiger partial charge >= 0.3 is 0 Å². The number of ether oxygens (including phenoxy) is 2. The first kappa shape index (κ1) is 26.0. The van der Waals surface area contributed by atoms with Crippen LogP contribution >= 0.6 is 23.2 Å². The third kappa shape index (κ3) is 7.21. The van der Waals surface area contributed by atoms with Crippen molar-refractivity contribution in [2.75, 3.05) is 52.5 Å². The van der Waals surface area contributed by atoms with Crippen LogP contribution in [0.4, 0.5) is 0 Å². The van der Waals surface area contributed by atoms with Gasteiger partial charge in [-0.3, -0.25) is 4.79 Å². The van der Waals surface area contributed by atoms with Crippen LogP contribution in [-0.4, -0.2) is 79.5 Å². The van der Waals surface area contributed by atoms with Gasteiger partial charge in [-0.1, -0.05) is 53.5 Å². The summed E-state index contributed by atoms with van der Waals surface area (Å²) in [4.78, 5) is 16.4. The first-order valence-electron chi connectivity index (χ1n) is 12.1. The first-order chi connectivity index (χ1) is 17.0. The standard InChI is InChI=1S/C27H32Cl2N2O4/c28-24-6-3-5-23(27(24)29)20-10-12-30(13-11-20)18-22(32)19-35-25-7-2-1-4-21(25)8-9-26(33)31-14-16-34-17-15-31/h1-9,20,22,32H,10-19H2. The van der Waals surface area contributed by atoms with Crippen molar-refractivity contribution in [1.82, 2.24) is 9.80 Å². The van der Waals surface area contributed by atoms with Crippen LogP contribution in [0.2, 0.25) is 10.0 Å². The lowest BCUT2D eigenvalue weighted by molar-refractivity contribution is -0.129. The van der Waals surface area contributed by atoms with Gasteiger partial charge < -0.3 is 24.4 Å². The van der Waals surface area contributed by atoms with E-state index in [1.807, 2.05) is 36.4 Å². The van der Waals surface area contributed by atoms with Gasteiger partial charge in [0, 0.05) is 31.3 Å². The lowest BCUT2D eigenvalue weighted by Crippen LogP contribution is -2.40. The molecule has 2 aromatic rings. The molecule has 2 heterocycles. The predicted octanol–water partition coefficient (Wildman–Crippen LogP) is 4.48. The van der Waals surface area contributed by atoms with Crippen molar-refractivity contribution in [3.63, 3.8) is 0 Å². The van der Waals surface area contributed by atoms with Crippen LogP contribution in [0.25, 0.3) is 6.08 Å². The van der Waals surface area contributed by atoms with E-state index in [1.165, 1.54) is 0 Å². The molecule has 6 nitrogen and oxygen atoms in total. The molecule has 0 aliphatic carbocycles. The Labute approximate surface area is 217 Å². The zero-order chi connectivity index (χ0) is 24.6. The Bertz CT molecular complexity index is 1020. The van der Waals surface area contributed by atoms with Crippen LogP contribution in [0, 0.1) is 0 Å². The molecule has 1 amide bonds. The Hall–Kier alpha value is -2.09. The second-order valence-corrected chi connectivity index (χ2v) is 9.78. The summed E-state index contributed by atoms with van der Waals surface area (Å²) in [5.41, 5.74) is 1.92. The number of likely N-dealkylation sites (tertiary alicyclic amines) is 1.